The van der Waals surface area contributed by atoms with Crippen LogP contribution < -0.4 is 5.32 Å². The zero-order chi connectivity index (χ0) is 12.1. The van der Waals surface area contributed by atoms with Crippen LogP contribution in [0.4, 0.5) is 5.88 Å². The number of hydrogen-bond acceptors (Lipinski definition) is 5. The highest BCUT2D eigenvalue weighted by atomic mass is 16.6. The van der Waals surface area contributed by atoms with Crippen LogP contribution in [0.5, 0.6) is 0 Å². The molecule has 0 aliphatic rings. The number of rotatable bonds is 5. The minimum absolute atomic E-state index is 0.233. The largest absolute Gasteiger partial charge is 0.433 e. The van der Waals surface area contributed by atoms with Crippen LogP contribution in [0.3, 0.4) is 0 Å². The van der Waals surface area contributed by atoms with Crippen molar-refractivity contribution in [2.45, 2.75) is 13.1 Å². The van der Waals surface area contributed by atoms with Crippen LogP contribution in [0, 0.1) is 10.1 Å². The lowest BCUT2D eigenvalue weighted by Crippen LogP contribution is -2.12. The van der Waals surface area contributed by atoms with Gasteiger partial charge in [0.2, 0.25) is 0 Å². The van der Waals surface area contributed by atoms with Crippen molar-refractivity contribution in [1.29, 1.82) is 0 Å². The summed E-state index contributed by atoms with van der Waals surface area (Å²) in [4.78, 5) is 13.8. The van der Waals surface area contributed by atoms with Gasteiger partial charge in [0, 0.05) is 18.9 Å². The Morgan fingerprint density at radius 3 is 2.88 bits per heavy atom. The van der Waals surface area contributed by atoms with E-state index in [9.17, 15) is 10.1 Å². The molecule has 0 atom stereocenters. The highest BCUT2D eigenvalue weighted by Gasteiger charge is 2.10. The van der Waals surface area contributed by atoms with Gasteiger partial charge in [-0.15, -0.1) is 0 Å². The monoisotopic (exact) mass is 233 g/mol. The lowest BCUT2D eigenvalue weighted by Gasteiger charge is -2.01. The molecule has 2 aromatic heterocycles. The maximum absolute atomic E-state index is 10.4. The number of hydrogen-bond donors (Lipinski definition) is 1. The van der Waals surface area contributed by atoms with E-state index in [-0.39, 0.29) is 5.88 Å². The van der Waals surface area contributed by atoms with Crippen LogP contribution in [-0.4, -0.2) is 9.91 Å². The molecule has 0 saturated carbocycles. The first-order valence-electron chi connectivity index (χ1n) is 5.08. The van der Waals surface area contributed by atoms with E-state index in [1.54, 1.807) is 18.5 Å². The van der Waals surface area contributed by atoms with E-state index in [0.29, 0.717) is 18.8 Å². The predicted molar refractivity (Wildman–Crippen MR) is 60.1 cm³/mol. The zero-order valence-corrected chi connectivity index (χ0v) is 9.00. The van der Waals surface area contributed by atoms with E-state index in [0.717, 1.165) is 5.56 Å². The lowest BCUT2D eigenvalue weighted by molar-refractivity contribution is -0.402. The Hall–Kier alpha value is -2.21. The third-order valence-corrected chi connectivity index (χ3v) is 2.18. The Balaban J connectivity index is 1.84. The molecular formula is C11H11N3O3. The molecule has 17 heavy (non-hydrogen) atoms. The fraction of sp³-hybridized carbons (Fsp3) is 0.182. The number of pyridine rings is 1. The third-order valence-electron chi connectivity index (χ3n) is 2.18. The molecule has 0 aromatic carbocycles. The van der Waals surface area contributed by atoms with E-state index >= 15 is 0 Å². The lowest BCUT2D eigenvalue weighted by atomic mass is 10.3. The molecule has 1 N–H and O–H groups in total. The number of aromatic nitrogens is 1. The molecule has 2 aromatic rings. The number of furan rings is 1. The first-order valence-corrected chi connectivity index (χ1v) is 5.08. The molecule has 2 rings (SSSR count). The average molecular weight is 233 g/mol. The Morgan fingerprint density at radius 2 is 2.24 bits per heavy atom. The first-order chi connectivity index (χ1) is 8.25. The topological polar surface area (TPSA) is 81.2 Å². The summed E-state index contributed by atoms with van der Waals surface area (Å²) in [5.41, 5.74) is 1.05. The normalized spacial score (nSPS) is 10.4. The smallest absolute Gasteiger partial charge is 0.404 e. The second-order valence-corrected chi connectivity index (χ2v) is 3.46. The first kappa shape index (κ1) is 11.3. The van der Waals surface area contributed by atoms with Gasteiger partial charge in [-0.25, -0.2) is 0 Å². The van der Waals surface area contributed by atoms with Gasteiger partial charge in [0.1, 0.15) is 10.7 Å². The molecule has 0 saturated heterocycles. The van der Waals surface area contributed by atoms with Crippen molar-refractivity contribution < 1.29 is 9.34 Å². The zero-order valence-electron chi connectivity index (χ0n) is 9.00. The summed E-state index contributed by atoms with van der Waals surface area (Å²) >= 11 is 0. The van der Waals surface area contributed by atoms with Gasteiger partial charge in [0.25, 0.3) is 0 Å². The highest BCUT2D eigenvalue weighted by Crippen LogP contribution is 2.15. The fourth-order valence-corrected chi connectivity index (χ4v) is 1.39. The summed E-state index contributed by atoms with van der Waals surface area (Å²) in [6.07, 6.45) is 3.47. The van der Waals surface area contributed by atoms with E-state index < -0.39 is 4.92 Å². The maximum atomic E-state index is 10.4. The highest BCUT2D eigenvalue weighted by molar-refractivity contribution is 5.17. The number of nitrogens with zero attached hydrogens (tertiary/aromatic N) is 2. The van der Waals surface area contributed by atoms with Crippen molar-refractivity contribution in [3.63, 3.8) is 0 Å². The Morgan fingerprint density at radius 1 is 1.35 bits per heavy atom. The molecule has 2 heterocycles. The van der Waals surface area contributed by atoms with Gasteiger partial charge in [-0.05, 0) is 17.7 Å². The standard InChI is InChI=1S/C11H11N3O3/c15-14(16)11-4-3-10(17-11)8-13-7-9-2-1-5-12-6-9/h1-6,13H,7-8H2. The van der Waals surface area contributed by atoms with Gasteiger partial charge >= 0.3 is 5.88 Å². The molecular weight excluding hydrogens is 222 g/mol. The summed E-state index contributed by atoms with van der Waals surface area (Å²) in [6, 6.07) is 6.74. The van der Waals surface area contributed by atoms with Crippen molar-refractivity contribution in [2.24, 2.45) is 0 Å². The predicted octanol–water partition coefficient (Wildman–Crippen LogP) is 1.87. The van der Waals surface area contributed by atoms with Crippen molar-refractivity contribution in [3.8, 4) is 0 Å². The Kier molecular flexibility index (Phi) is 3.46. The third kappa shape index (κ3) is 3.12. The second kappa shape index (κ2) is 5.22. The van der Waals surface area contributed by atoms with Crippen LogP contribution in [0.2, 0.25) is 0 Å². The fourth-order valence-electron chi connectivity index (χ4n) is 1.39. The van der Waals surface area contributed by atoms with E-state index in [4.69, 9.17) is 4.42 Å². The summed E-state index contributed by atoms with van der Waals surface area (Å²) in [6.45, 7) is 1.09. The van der Waals surface area contributed by atoms with Crippen LogP contribution in [0.15, 0.2) is 41.1 Å². The summed E-state index contributed by atoms with van der Waals surface area (Å²) in [5, 5.41) is 13.5. The second-order valence-electron chi connectivity index (χ2n) is 3.46. The molecule has 88 valence electrons. The van der Waals surface area contributed by atoms with Gasteiger partial charge < -0.3 is 9.73 Å². The minimum Gasteiger partial charge on any atom is -0.404 e. The molecule has 0 unspecified atom stereocenters. The van der Waals surface area contributed by atoms with Crippen molar-refractivity contribution in [1.82, 2.24) is 10.3 Å². The van der Waals surface area contributed by atoms with Crippen LogP contribution in [-0.2, 0) is 13.1 Å². The number of nitro groups is 1. The van der Waals surface area contributed by atoms with Crippen LogP contribution in [0.1, 0.15) is 11.3 Å². The molecule has 6 nitrogen and oxygen atoms in total. The molecule has 0 bridgehead atoms. The van der Waals surface area contributed by atoms with Crippen molar-refractivity contribution >= 4 is 5.88 Å². The SMILES string of the molecule is O=[N+]([O-])c1ccc(CNCc2cccnc2)o1. The van der Waals surface area contributed by atoms with Crippen molar-refractivity contribution in [2.75, 3.05) is 0 Å². The molecule has 6 heteroatoms. The molecule has 0 aliphatic carbocycles. The van der Waals surface area contributed by atoms with Crippen molar-refractivity contribution in [3.05, 3.63) is 58.1 Å². The summed E-state index contributed by atoms with van der Waals surface area (Å²) in [7, 11) is 0. The Bertz CT molecular complexity index is 496. The average Bonchev–Trinajstić information content (AvgIpc) is 2.79. The maximum Gasteiger partial charge on any atom is 0.433 e. The Labute approximate surface area is 97.4 Å². The summed E-state index contributed by atoms with van der Waals surface area (Å²) < 4.78 is 5.01. The van der Waals surface area contributed by atoms with Crippen LogP contribution >= 0.6 is 0 Å². The van der Waals surface area contributed by atoms with Gasteiger partial charge in [0.05, 0.1) is 12.6 Å². The molecule has 0 radical (unpaired) electrons. The summed E-state index contributed by atoms with van der Waals surface area (Å²) in [5.74, 6) is 0.309. The minimum atomic E-state index is -0.551. The van der Waals surface area contributed by atoms with Gasteiger partial charge in [-0.1, -0.05) is 6.07 Å². The van der Waals surface area contributed by atoms with Gasteiger partial charge in [0.15, 0.2) is 0 Å². The molecule has 0 spiro atoms. The van der Waals surface area contributed by atoms with Gasteiger partial charge in [-0.3, -0.25) is 15.1 Å². The van der Waals surface area contributed by atoms with E-state index in [2.05, 4.69) is 10.3 Å². The van der Waals surface area contributed by atoms with E-state index in [1.165, 1.54) is 6.07 Å². The molecule has 0 amide bonds. The van der Waals surface area contributed by atoms with E-state index in [1.807, 2.05) is 12.1 Å². The van der Waals surface area contributed by atoms with Gasteiger partial charge in [-0.2, -0.15) is 0 Å². The molecule has 0 aliphatic heterocycles. The quantitative estimate of drug-likeness (QED) is 0.629. The van der Waals surface area contributed by atoms with Crippen LogP contribution in [0.25, 0.3) is 0 Å². The molecule has 0 fully saturated rings. The number of nitrogens with one attached hydrogen (secondary N) is 1.